The van der Waals surface area contributed by atoms with Crippen LogP contribution in [-0.2, 0) is 9.59 Å². The molecule has 0 aliphatic heterocycles. The second-order valence-electron chi connectivity index (χ2n) is 4.21. The fourth-order valence-corrected chi connectivity index (χ4v) is 1.21. The minimum absolute atomic E-state index is 0.0635. The van der Waals surface area contributed by atoms with Crippen molar-refractivity contribution in [2.45, 2.75) is 33.7 Å². The normalized spacial score (nSPS) is 10.9. The van der Waals surface area contributed by atoms with Gasteiger partial charge in [-0.05, 0) is 20.9 Å². The zero-order valence-electron chi connectivity index (χ0n) is 10.3. The van der Waals surface area contributed by atoms with Crippen LogP contribution in [0, 0.1) is 5.92 Å². The van der Waals surface area contributed by atoms with E-state index in [4.69, 9.17) is 0 Å². The van der Waals surface area contributed by atoms with Crippen molar-refractivity contribution in [2.75, 3.05) is 20.1 Å². The smallest absolute Gasteiger partial charge is 0.290 e. The molecule has 4 nitrogen and oxygen atoms in total. The third-order valence-corrected chi connectivity index (χ3v) is 2.22. The van der Waals surface area contributed by atoms with E-state index in [1.807, 2.05) is 20.9 Å². The lowest BCUT2D eigenvalue weighted by atomic mass is 10.1. The summed E-state index contributed by atoms with van der Waals surface area (Å²) in [6.07, 6.45) is 0. The van der Waals surface area contributed by atoms with Gasteiger partial charge in [0.15, 0.2) is 0 Å². The molecule has 0 spiro atoms. The Labute approximate surface area is 92.0 Å². The summed E-state index contributed by atoms with van der Waals surface area (Å²) >= 11 is 0. The molecule has 0 aliphatic carbocycles. The van der Waals surface area contributed by atoms with Gasteiger partial charge in [0, 0.05) is 25.0 Å². The highest BCUT2D eigenvalue weighted by Gasteiger charge is 2.25. The number of hydrogen-bond donors (Lipinski definition) is 1. The van der Waals surface area contributed by atoms with Crippen LogP contribution in [0.15, 0.2) is 0 Å². The average Bonchev–Trinajstić information content (AvgIpc) is 2.16. The standard InChI is InChI=1S/C11H22N2O2/c1-8(2)10(14)11(15)13(9(3)4)7-6-12-5/h8-9,12H,6-7H2,1-5H3. The first-order valence-electron chi connectivity index (χ1n) is 5.41. The predicted molar refractivity (Wildman–Crippen MR) is 60.6 cm³/mol. The summed E-state index contributed by atoms with van der Waals surface area (Å²) < 4.78 is 0. The van der Waals surface area contributed by atoms with Crippen molar-refractivity contribution in [3.8, 4) is 0 Å². The molecule has 0 aromatic heterocycles. The van der Waals surface area contributed by atoms with Crippen molar-refractivity contribution < 1.29 is 9.59 Å². The maximum absolute atomic E-state index is 11.8. The van der Waals surface area contributed by atoms with Gasteiger partial charge in [0.05, 0.1) is 0 Å². The average molecular weight is 214 g/mol. The Balaban J connectivity index is 4.48. The topological polar surface area (TPSA) is 49.4 Å². The zero-order chi connectivity index (χ0) is 12.0. The lowest BCUT2D eigenvalue weighted by Gasteiger charge is -2.26. The van der Waals surface area contributed by atoms with Crippen LogP contribution in [0.2, 0.25) is 0 Å². The Hall–Kier alpha value is -0.900. The summed E-state index contributed by atoms with van der Waals surface area (Å²) in [5.74, 6) is -0.900. The van der Waals surface area contributed by atoms with Crippen LogP contribution >= 0.6 is 0 Å². The molecule has 88 valence electrons. The number of likely N-dealkylation sites (N-methyl/N-ethyl adjacent to an activating group) is 1. The first-order valence-corrected chi connectivity index (χ1v) is 5.41. The van der Waals surface area contributed by atoms with Crippen LogP contribution in [-0.4, -0.2) is 42.8 Å². The molecule has 0 fully saturated rings. The van der Waals surface area contributed by atoms with E-state index < -0.39 is 0 Å². The molecule has 0 aromatic rings. The molecule has 0 saturated heterocycles. The Kier molecular flexibility index (Phi) is 6.17. The molecule has 1 amide bonds. The molecular weight excluding hydrogens is 192 g/mol. The highest BCUT2D eigenvalue weighted by atomic mass is 16.2. The number of nitrogens with zero attached hydrogens (tertiary/aromatic N) is 1. The Morgan fingerprint density at radius 2 is 1.73 bits per heavy atom. The third kappa shape index (κ3) is 4.42. The lowest BCUT2D eigenvalue weighted by Crippen LogP contribution is -2.45. The number of ketones is 1. The van der Waals surface area contributed by atoms with Crippen LogP contribution < -0.4 is 5.32 Å². The van der Waals surface area contributed by atoms with Gasteiger partial charge in [0.25, 0.3) is 5.91 Å². The minimum atomic E-state index is -0.366. The van der Waals surface area contributed by atoms with Crippen LogP contribution in [0.4, 0.5) is 0 Å². The molecule has 0 heterocycles. The molecule has 0 rings (SSSR count). The highest BCUT2D eigenvalue weighted by Crippen LogP contribution is 2.04. The Morgan fingerprint density at radius 3 is 2.07 bits per heavy atom. The maximum atomic E-state index is 11.8. The monoisotopic (exact) mass is 214 g/mol. The molecule has 0 atom stereocenters. The predicted octanol–water partition coefficient (Wildman–Crippen LogP) is 0.668. The molecule has 0 bridgehead atoms. The summed E-state index contributed by atoms with van der Waals surface area (Å²) in [5.41, 5.74) is 0. The molecule has 15 heavy (non-hydrogen) atoms. The number of amides is 1. The maximum Gasteiger partial charge on any atom is 0.290 e. The molecule has 0 aromatic carbocycles. The van der Waals surface area contributed by atoms with E-state index in [-0.39, 0.29) is 23.7 Å². The number of rotatable bonds is 6. The fraction of sp³-hybridized carbons (Fsp3) is 0.818. The van der Waals surface area contributed by atoms with Crippen LogP contribution in [0.5, 0.6) is 0 Å². The zero-order valence-corrected chi connectivity index (χ0v) is 10.3. The number of carbonyl (C=O) groups excluding carboxylic acids is 2. The minimum Gasteiger partial charge on any atom is -0.332 e. The Bertz CT molecular complexity index is 225. The van der Waals surface area contributed by atoms with Crippen molar-refractivity contribution in [1.29, 1.82) is 0 Å². The third-order valence-electron chi connectivity index (χ3n) is 2.22. The SMILES string of the molecule is CNCCN(C(=O)C(=O)C(C)C)C(C)C. The van der Waals surface area contributed by atoms with Crippen LogP contribution in [0.25, 0.3) is 0 Å². The van der Waals surface area contributed by atoms with E-state index in [0.717, 1.165) is 0 Å². The van der Waals surface area contributed by atoms with E-state index in [1.54, 1.807) is 18.7 Å². The summed E-state index contributed by atoms with van der Waals surface area (Å²) in [4.78, 5) is 24.9. The van der Waals surface area contributed by atoms with E-state index in [0.29, 0.717) is 13.1 Å². The van der Waals surface area contributed by atoms with Gasteiger partial charge >= 0.3 is 0 Å². The first-order chi connectivity index (χ1) is 6.91. The van der Waals surface area contributed by atoms with Crippen LogP contribution in [0.1, 0.15) is 27.7 Å². The van der Waals surface area contributed by atoms with Crippen molar-refractivity contribution in [3.05, 3.63) is 0 Å². The number of Topliss-reactive ketones (excluding diaryl/α,β-unsaturated/α-hetero) is 1. The number of carbonyl (C=O) groups is 2. The van der Waals surface area contributed by atoms with E-state index in [9.17, 15) is 9.59 Å². The van der Waals surface area contributed by atoms with Gasteiger partial charge in [-0.2, -0.15) is 0 Å². The quantitative estimate of drug-likeness (QED) is 0.661. The van der Waals surface area contributed by atoms with E-state index in [2.05, 4.69) is 5.32 Å². The molecule has 1 N–H and O–H groups in total. The van der Waals surface area contributed by atoms with E-state index >= 15 is 0 Å². The highest BCUT2D eigenvalue weighted by molar-refractivity contribution is 6.36. The van der Waals surface area contributed by atoms with E-state index in [1.165, 1.54) is 0 Å². The first kappa shape index (κ1) is 14.1. The van der Waals surface area contributed by atoms with Gasteiger partial charge in [-0.15, -0.1) is 0 Å². The Morgan fingerprint density at radius 1 is 1.20 bits per heavy atom. The molecule has 0 saturated carbocycles. The number of hydrogen-bond acceptors (Lipinski definition) is 3. The van der Waals surface area contributed by atoms with Crippen molar-refractivity contribution in [1.82, 2.24) is 10.2 Å². The molecule has 0 radical (unpaired) electrons. The molecule has 0 aliphatic rings. The van der Waals surface area contributed by atoms with Gasteiger partial charge in [-0.1, -0.05) is 13.8 Å². The van der Waals surface area contributed by atoms with Gasteiger partial charge < -0.3 is 10.2 Å². The fourth-order valence-electron chi connectivity index (χ4n) is 1.21. The largest absolute Gasteiger partial charge is 0.332 e. The summed E-state index contributed by atoms with van der Waals surface area (Å²) in [6, 6.07) is 0.0635. The van der Waals surface area contributed by atoms with Gasteiger partial charge in [0.1, 0.15) is 0 Å². The van der Waals surface area contributed by atoms with Crippen molar-refractivity contribution in [3.63, 3.8) is 0 Å². The van der Waals surface area contributed by atoms with Crippen molar-refractivity contribution in [2.24, 2.45) is 5.92 Å². The summed E-state index contributed by atoms with van der Waals surface area (Å²) in [7, 11) is 1.83. The van der Waals surface area contributed by atoms with Crippen LogP contribution in [0.3, 0.4) is 0 Å². The molecule has 0 unspecified atom stereocenters. The molecule has 4 heteroatoms. The second kappa shape index (κ2) is 6.56. The van der Waals surface area contributed by atoms with Gasteiger partial charge in [-0.3, -0.25) is 9.59 Å². The van der Waals surface area contributed by atoms with Crippen molar-refractivity contribution >= 4 is 11.7 Å². The summed E-state index contributed by atoms with van der Waals surface area (Å²) in [6.45, 7) is 8.61. The van der Waals surface area contributed by atoms with Gasteiger partial charge in [-0.25, -0.2) is 0 Å². The number of nitrogens with one attached hydrogen (secondary N) is 1. The lowest BCUT2D eigenvalue weighted by molar-refractivity contribution is -0.147. The van der Waals surface area contributed by atoms with Gasteiger partial charge in [0.2, 0.25) is 5.78 Å². The second-order valence-corrected chi connectivity index (χ2v) is 4.21. The molecular formula is C11H22N2O2. The summed E-state index contributed by atoms with van der Waals surface area (Å²) in [5, 5.41) is 2.97.